The molecule has 0 saturated carbocycles. The predicted octanol–water partition coefficient (Wildman–Crippen LogP) is 0.654. The van der Waals surface area contributed by atoms with Crippen molar-refractivity contribution in [3.05, 3.63) is 11.6 Å². The number of aryl methyl sites for hydroxylation is 1. The van der Waals surface area contributed by atoms with E-state index in [1.807, 2.05) is 0 Å². The fourth-order valence-electron chi connectivity index (χ4n) is 1.33. The van der Waals surface area contributed by atoms with Crippen molar-refractivity contribution < 1.29 is 0 Å². The highest BCUT2D eigenvalue weighted by molar-refractivity contribution is 7.79. The summed E-state index contributed by atoms with van der Waals surface area (Å²) in [4.78, 5) is 0. The third-order valence-electron chi connectivity index (χ3n) is 1.83. The Labute approximate surface area is 64.9 Å². The summed E-state index contributed by atoms with van der Waals surface area (Å²) in [6.45, 7) is 1.08. The van der Waals surface area contributed by atoms with Gasteiger partial charge in [0.1, 0.15) is 11.6 Å². The molecule has 0 fully saturated rings. The Kier molecular flexibility index (Phi) is 1.41. The minimum Gasteiger partial charge on any atom is -0.314 e. The maximum absolute atomic E-state index is 4.15. The first kappa shape index (κ1) is 6.22. The van der Waals surface area contributed by atoms with Crippen LogP contribution in [-0.2, 0) is 18.7 Å². The van der Waals surface area contributed by atoms with Gasteiger partial charge in [0, 0.05) is 13.0 Å². The van der Waals surface area contributed by atoms with E-state index >= 15 is 0 Å². The van der Waals surface area contributed by atoms with Gasteiger partial charge in [-0.2, -0.15) is 12.6 Å². The molecule has 2 heterocycles. The average Bonchev–Trinajstić information content (AvgIpc) is 2.44. The molecule has 0 saturated heterocycles. The Morgan fingerprint density at radius 1 is 1.50 bits per heavy atom. The summed E-state index contributed by atoms with van der Waals surface area (Å²) in [6.07, 6.45) is 2.30. The summed E-state index contributed by atoms with van der Waals surface area (Å²) >= 11 is 4.15. The van der Waals surface area contributed by atoms with Crippen molar-refractivity contribution in [3.8, 4) is 0 Å². The molecule has 0 spiro atoms. The van der Waals surface area contributed by atoms with E-state index in [1.165, 1.54) is 6.42 Å². The minimum atomic E-state index is 0.701. The Bertz CT molecular complexity index is 243. The van der Waals surface area contributed by atoms with Crippen LogP contribution in [0.5, 0.6) is 0 Å². The van der Waals surface area contributed by atoms with Gasteiger partial charge in [0.2, 0.25) is 0 Å². The molecule has 0 N–H and O–H groups in total. The normalized spacial score (nSPS) is 15.7. The van der Waals surface area contributed by atoms with Crippen LogP contribution in [-0.4, -0.2) is 14.8 Å². The zero-order valence-corrected chi connectivity index (χ0v) is 6.51. The van der Waals surface area contributed by atoms with E-state index < -0.39 is 0 Å². The first-order valence-electron chi connectivity index (χ1n) is 3.43. The van der Waals surface area contributed by atoms with Gasteiger partial charge in [0.15, 0.2) is 0 Å². The molecular weight excluding hydrogens is 146 g/mol. The summed E-state index contributed by atoms with van der Waals surface area (Å²) < 4.78 is 2.16. The molecule has 1 aromatic heterocycles. The zero-order chi connectivity index (χ0) is 6.97. The smallest absolute Gasteiger partial charge is 0.142 e. The summed E-state index contributed by atoms with van der Waals surface area (Å²) in [7, 11) is 0. The molecule has 0 atom stereocenters. The first-order valence-corrected chi connectivity index (χ1v) is 4.07. The van der Waals surface area contributed by atoms with E-state index in [0.29, 0.717) is 5.75 Å². The zero-order valence-electron chi connectivity index (χ0n) is 5.62. The van der Waals surface area contributed by atoms with Crippen LogP contribution >= 0.6 is 12.6 Å². The van der Waals surface area contributed by atoms with Crippen LogP contribution in [0.4, 0.5) is 0 Å². The molecule has 1 aliphatic rings. The Hall–Kier alpha value is -0.510. The standard InChI is InChI=1S/C6H9N3S/c10-4-6-8-7-5-2-1-3-9(5)6/h10H,1-4H2. The van der Waals surface area contributed by atoms with Gasteiger partial charge in [-0.05, 0) is 6.42 Å². The van der Waals surface area contributed by atoms with Gasteiger partial charge in [0.25, 0.3) is 0 Å². The van der Waals surface area contributed by atoms with Gasteiger partial charge in [-0.25, -0.2) is 0 Å². The Balaban J connectivity index is 2.44. The maximum atomic E-state index is 4.15. The largest absolute Gasteiger partial charge is 0.314 e. The van der Waals surface area contributed by atoms with Crippen molar-refractivity contribution in [2.75, 3.05) is 0 Å². The molecular formula is C6H9N3S. The van der Waals surface area contributed by atoms with Crippen LogP contribution in [0.1, 0.15) is 18.1 Å². The van der Waals surface area contributed by atoms with Crippen LogP contribution in [0.2, 0.25) is 0 Å². The molecule has 10 heavy (non-hydrogen) atoms. The monoisotopic (exact) mass is 155 g/mol. The Morgan fingerprint density at radius 3 is 3.20 bits per heavy atom. The Morgan fingerprint density at radius 2 is 2.40 bits per heavy atom. The van der Waals surface area contributed by atoms with E-state index in [4.69, 9.17) is 0 Å². The third-order valence-corrected chi connectivity index (χ3v) is 2.11. The fourth-order valence-corrected chi connectivity index (χ4v) is 1.56. The van der Waals surface area contributed by atoms with Crippen molar-refractivity contribution >= 4 is 12.6 Å². The summed E-state index contributed by atoms with van der Waals surface area (Å²) in [6, 6.07) is 0. The lowest BCUT2D eigenvalue weighted by molar-refractivity contribution is 0.711. The van der Waals surface area contributed by atoms with Gasteiger partial charge in [-0.15, -0.1) is 10.2 Å². The van der Waals surface area contributed by atoms with Crippen LogP contribution in [0.15, 0.2) is 0 Å². The lowest BCUT2D eigenvalue weighted by Gasteiger charge is -1.96. The van der Waals surface area contributed by atoms with Gasteiger partial charge in [0.05, 0.1) is 5.75 Å². The van der Waals surface area contributed by atoms with Gasteiger partial charge < -0.3 is 4.57 Å². The second-order valence-electron chi connectivity index (χ2n) is 2.45. The van der Waals surface area contributed by atoms with Crippen molar-refractivity contribution in [1.82, 2.24) is 14.8 Å². The topological polar surface area (TPSA) is 30.7 Å². The molecule has 2 rings (SSSR count). The van der Waals surface area contributed by atoms with E-state index in [9.17, 15) is 0 Å². The second kappa shape index (κ2) is 2.27. The highest BCUT2D eigenvalue weighted by Crippen LogP contribution is 2.14. The first-order chi connectivity index (χ1) is 4.92. The van der Waals surface area contributed by atoms with Crippen LogP contribution in [0.3, 0.4) is 0 Å². The highest BCUT2D eigenvalue weighted by atomic mass is 32.1. The highest BCUT2D eigenvalue weighted by Gasteiger charge is 2.15. The molecule has 0 unspecified atom stereocenters. The van der Waals surface area contributed by atoms with Crippen molar-refractivity contribution in [3.63, 3.8) is 0 Å². The number of hydrogen-bond donors (Lipinski definition) is 1. The van der Waals surface area contributed by atoms with Gasteiger partial charge >= 0.3 is 0 Å². The average molecular weight is 155 g/mol. The fraction of sp³-hybridized carbons (Fsp3) is 0.667. The summed E-state index contributed by atoms with van der Waals surface area (Å²) in [5, 5.41) is 8.02. The molecule has 0 bridgehead atoms. The van der Waals surface area contributed by atoms with Gasteiger partial charge in [-0.1, -0.05) is 0 Å². The molecule has 0 amide bonds. The molecule has 0 aromatic carbocycles. The van der Waals surface area contributed by atoms with Crippen molar-refractivity contribution in [2.45, 2.75) is 25.1 Å². The van der Waals surface area contributed by atoms with Crippen LogP contribution < -0.4 is 0 Å². The van der Waals surface area contributed by atoms with E-state index in [1.54, 1.807) is 0 Å². The van der Waals surface area contributed by atoms with Crippen LogP contribution in [0.25, 0.3) is 0 Å². The maximum Gasteiger partial charge on any atom is 0.142 e. The lowest BCUT2D eigenvalue weighted by Crippen LogP contribution is -1.97. The van der Waals surface area contributed by atoms with Crippen molar-refractivity contribution in [1.29, 1.82) is 0 Å². The second-order valence-corrected chi connectivity index (χ2v) is 2.76. The molecule has 1 aromatic rings. The molecule has 0 aliphatic carbocycles. The number of hydrogen-bond acceptors (Lipinski definition) is 3. The molecule has 4 heteroatoms. The quantitative estimate of drug-likeness (QED) is 0.604. The predicted molar refractivity (Wildman–Crippen MR) is 41.0 cm³/mol. The minimum absolute atomic E-state index is 0.701. The van der Waals surface area contributed by atoms with Crippen molar-refractivity contribution in [2.24, 2.45) is 0 Å². The number of thiol groups is 1. The third kappa shape index (κ3) is 0.751. The van der Waals surface area contributed by atoms with Crippen LogP contribution in [0, 0.1) is 0 Å². The van der Waals surface area contributed by atoms with E-state index in [0.717, 1.165) is 24.6 Å². The summed E-state index contributed by atoms with van der Waals surface area (Å²) in [5.74, 6) is 2.84. The molecule has 1 aliphatic heterocycles. The van der Waals surface area contributed by atoms with E-state index in [2.05, 4.69) is 27.4 Å². The number of rotatable bonds is 1. The number of nitrogens with zero attached hydrogens (tertiary/aromatic N) is 3. The summed E-state index contributed by atoms with van der Waals surface area (Å²) in [5.41, 5.74) is 0. The SMILES string of the molecule is SCc1nnc2n1CCC2. The van der Waals surface area contributed by atoms with Gasteiger partial charge in [-0.3, -0.25) is 0 Å². The number of aromatic nitrogens is 3. The molecule has 54 valence electrons. The van der Waals surface area contributed by atoms with E-state index in [-0.39, 0.29) is 0 Å². The number of fused-ring (bicyclic) bond motifs is 1. The lowest BCUT2D eigenvalue weighted by atomic mass is 10.4. The molecule has 0 radical (unpaired) electrons. The molecule has 3 nitrogen and oxygen atoms in total.